The molecule has 4 rings (SSSR count). The van der Waals surface area contributed by atoms with Crippen molar-refractivity contribution in [3.63, 3.8) is 0 Å². The summed E-state index contributed by atoms with van der Waals surface area (Å²) in [6, 6.07) is 15.8. The fourth-order valence-electron chi connectivity index (χ4n) is 4.18. The summed E-state index contributed by atoms with van der Waals surface area (Å²) in [5.74, 6) is -1.23. The highest BCUT2D eigenvalue weighted by Crippen LogP contribution is 2.37. The highest BCUT2D eigenvalue weighted by molar-refractivity contribution is 5.98. The van der Waals surface area contributed by atoms with Gasteiger partial charge in [-0.25, -0.2) is 0 Å². The number of hydrogen-bond donors (Lipinski definition) is 1. The third-order valence-corrected chi connectivity index (χ3v) is 5.50. The molecule has 2 unspecified atom stereocenters. The molecular weight excluding hydrogens is 314 g/mol. The van der Waals surface area contributed by atoms with E-state index in [-0.39, 0.29) is 11.8 Å². The molecule has 0 saturated carbocycles. The van der Waals surface area contributed by atoms with Crippen LogP contribution in [0.25, 0.3) is 0 Å². The molecule has 25 heavy (non-hydrogen) atoms. The van der Waals surface area contributed by atoms with Gasteiger partial charge in [0.1, 0.15) is 0 Å². The van der Waals surface area contributed by atoms with Crippen LogP contribution in [0.4, 0.5) is 5.69 Å². The lowest BCUT2D eigenvalue weighted by Crippen LogP contribution is -2.43. The normalized spacial score (nSPS) is 22.0. The van der Waals surface area contributed by atoms with Crippen molar-refractivity contribution in [1.29, 1.82) is 0 Å². The van der Waals surface area contributed by atoms with Crippen LogP contribution in [-0.2, 0) is 22.4 Å². The number of rotatable bonds is 2. The van der Waals surface area contributed by atoms with Crippen molar-refractivity contribution >= 4 is 17.6 Å². The van der Waals surface area contributed by atoms with Crippen LogP contribution < -0.4 is 4.90 Å². The molecule has 1 N–H and O–H groups in total. The summed E-state index contributed by atoms with van der Waals surface area (Å²) in [5.41, 5.74) is 4.13. The van der Waals surface area contributed by atoms with Crippen molar-refractivity contribution in [3.8, 4) is 0 Å². The maximum Gasteiger partial charge on any atom is 0.311 e. The molecule has 0 spiro atoms. The number of benzene rings is 2. The van der Waals surface area contributed by atoms with Crippen LogP contribution in [0.1, 0.15) is 35.4 Å². The molecule has 2 aromatic carbocycles. The Hall–Kier alpha value is -2.62. The van der Waals surface area contributed by atoms with E-state index in [1.807, 2.05) is 41.3 Å². The van der Waals surface area contributed by atoms with Gasteiger partial charge in [0, 0.05) is 18.2 Å². The SMILES string of the molecule is O=C(O)C1CCN(C(=O)C2CCc3ccccc3C2)c2ccccc21. The Morgan fingerprint density at radius 1 is 0.960 bits per heavy atom. The molecule has 0 saturated heterocycles. The van der Waals surface area contributed by atoms with Gasteiger partial charge in [-0.15, -0.1) is 0 Å². The second-order valence-electron chi connectivity index (χ2n) is 6.94. The number of carboxylic acids is 1. The van der Waals surface area contributed by atoms with Crippen LogP contribution in [0.5, 0.6) is 0 Å². The molecule has 4 nitrogen and oxygen atoms in total. The minimum absolute atomic E-state index is 0.0238. The first kappa shape index (κ1) is 15.9. The highest BCUT2D eigenvalue weighted by atomic mass is 16.4. The highest BCUT2D eigenvalue weighted by Gasteiger charge is 2.35. The lowest BCUT2D eigenvalue weighted by Gasteiger charge is -2.36. The van der Waals surface area contributed by atoms with Crippen LogP contribution in [0.3, 0.4) is 0 Å². The molecule has 1 aliphatic carbocycles. The standard InChI is InChI=1S/C21H21NO3/c23-20(16-10-9-14-5-1-2-6-15(14)13-16)22-12-11-18(21(24)25)17-7-3-4-8-19(17)22/h1-8,16,18H,9-13H2,(H,24,25). The van der Waals surface area contributed by atoms with Crippen molar-refractivity contribution in [2.24, 2.45) is 5.92 Å². The molecule has 0 aromatic heterocycles. The molecule has 2 aliphatic rings. The molecule has 1 heterocycles. The van der Waals surface area contributed by atoms with Crippen LogP contribution in [-0.4, -0.2) is 23.5 Å². The molecule has 1 amide bonds. The number of carbonyl (C=O) groups is 2. The summed E-state index contributed by atoms with van der Waals surface area (Å²) >= 11 is 0. The number of hydrogen-bond acceptors (Lipinski definition) is 2. The summed E-state index contributed by atoms with van der Waals surface area (Å²) in [6.07, 6.45) is 3.04. The topological polar surface area (TPSA) is 57.6 Å². The van der Waals surface area contributed by atoms with Crippen LogP contribution in [0, 0.1) is 5.92 Å². The number of nitrogens with zero attached hydrogens (tertiary/aromatic N) is 1. The van der Waals surface area contributed by atoms with E-state index in [1.54, 1.807) is 0 Å². The van der Waals surface area contributed by atoms with E-state index in [1.165, 1.54) is 11.1 Å². The number of aryl methyl sites for hydroxylation is 1. The molecule has 2 atom stereocenters. The van der Waals surface area contributed by atoms with Crippen molar-refractivity contribution in [2.45, 2.75) is 31.6 Å². The molecule has 0 radical (unpaired) electrons. The Balaban J connectivity index is 1.61. The maximum absolute atomic E-state index is 13.2. The summed E-state index contributed by atoms with van der Waals surface area (Å²) in [4.78, 5) is 26.5. The van der Waals surface area contributed by atoms with E-state index in [0.29, 0.717) is 13.0 Å². The lowest BCUT2D eigenvalue weighted by molar-refractivity contribution is -0.139. The summed E-state index contributed by atoms with van der Waals surface area (Å²) in [6.45, 7) is 0.477. The summed E-state index contributed by atoms with van der Waals surface area (Å²) < 4.78 is 0. The van der Waals surface area contributed by atoms with Gasteiger partial charge in [-0.1, -0.05) is 42.5 Å². The van der Waals surface area contributed by atoms with Crippen LogP contribution >= 0.6 is 0 Å². The fraction of sp³-hybridized carbons (Fsp3) is 0.333. The third kappa shape index (κ3) is 2.82. The van der Waals surface area contributed by atoms with Crippen molar-refractivity contribution in [2.75, 3.05) is 11.4 Å². The summed E-state index contributed by atoms with van der Waals surface area (Å²) in [7, 11) is 0. The number of aliphatic carboxylic acids is 1. The smallest absolute Gasteiger partial charge is 0.311 e. The zero-order valence-electron chi connectivity index (χ0n) is 14.0. The van der Waals surface area contributed by atoms with Crippen LogP contribution in [0.2, 0.25) is 0 Å². The van der Waals surface area contributed by atoms with Gasteiger partial charge in [0.25, 0.3) is 0 Å². The fourth-order valence-corrected chi connectivity index (χ4v) is 4.18. The zero-order chi connectivity index (χ0) is 17.4. The third-order valence-electron chi connectivity index (χ3n) is 5.50. The average molecular weight is 335 g/mol. The monoisotopic (exact) mass is 335 g/mol. The second kappa shape index (κ2) is 6.36. The van der Waals surface area contributed by atoms with Gasteiger partial charge in [0.15, 0.2) is 0 Å². The molecule has 0 bridgehead atoms. The first-order valence-electron chi connectivity index (χ1n) is 8.85. The van der Waals surface area contributed by atoms with E-state index in [4.69, 9.17) is 0 Å². The molecule has 1 aliphatic heterocycles. The van der Waals surface area contributed by atoms with Gasteiger partial charge < -0.3 is 10.0 Å². The van der Waals surface area contributed by atoms with Gasteiger partial charge in [-0.05, 0) is 48.4 Å². The van der Waals surface area contributed by atoms with Crippen molar-refractivity contribution < 1.29 is 14.7 Å². The quantitative estimate of drug-likeness (QED) is 0.915. The Morgan fingerprint density at radius 2 is 1.68 bits per heavy atom. The molecule has 128 valence electrons. The molecule has 4 heteroatoms. The number of para-hydroxylation sites is 1. The Bertz CT molecular complexity index is 829. The Morgan fingerprint density at radius 3 is 2.48 bits per heavy atom. The van der Waals surface area contributed by atoms with Gasteiger partial charge >= 0.3 is 5.97 Å². The van der Waals surface area contributed by atoms with E-state index >= 15 is 0 Å². The van der Waals surface area contributed by atoms with E-state index < -0.39 is 11.9 Å². The van der Waals surface area contributed by atoms with Gasteiger partial charge in [-0.2, -0.15) is 0 Å². The lowest BCUT2D eigenvalue weighted by atomic mass is 9.82. The van der Waals surface area contributed by atoms with Crippen molar-refractivity contribution in [1.82, 2.24) is 0 Å². The summed E-state index contributed by atoms with van der Waals surface area (Å²) in [5, 5.41) is 9.46. The van der Waals surface area contributed by atoms with E-state index in [9.17, 15) is 14.7 Å². The Labute approximate surface area is 147 Å². The molecule has 2 aromatic rings. The van der Waals surface area contributed by atoms with Gasteiger partial charge in [0.2, 0.25) is 5.91 Å². The number of anilines is 1. The van der Waals surface area contributed by atoms with Crippen molar-refractivity contribution in [3.05, 3.63) is 65.2 Å². The predicted molar refractivity (Wildman–Crippen MR) is 95.7 cm³/mol. The largest absolute Gasteiger partial charge is 0.481 e. The van der Waals surface area contributed by atoms with E-state index in [0.717, 1.165) is 30.5 Å². The van der Waals surface area contributed by atoms with Gasteiger partial charge in [-0.3, -0.25) is 9.59 Å². The maximum atomic E-state index is 13.2. The number of amides is 1. The molecule has 0 fully saturated rings. The minimum atomic E-state index is -0.814. The second-order valence-corrected chi connectivity index (χ2v) is 6.94. The van der Waals surface area contributed by atoms with Gasteiger partial charge in [0.05, 0.1) is 5.92 Å². The minimum Gasteiger partial charge on any atom is -0.481 e. The number of fused-ring (bicyclic) bond motifs is 2. The Kier molecular flexibility index (Phi) is 4.04. The molecular formula is C21H21NO3. The zero-order valence-corrected chi connectivity index (χ0v) is 14.0. The first-order valence-corrected chi connectivity index (χ1v) is 8.85. The predicted octanol–water partition coefficient (Wildman–Crippen LogP) is 3.40. The van der Waals surface area contributed by atoms with E-state index in [2.05, 4.69) is 12.1 Å². The van der Waals surface area contributed by atoms with Crippen LogP contribution in [0.15, 0.2) is 48.5 Å². The average Bonchev–Trinajstić information content (AvgIpc) is 2.66. The first-order chi connectivity index (χ1) is 12.1. The number of carbonyl (C=O) groups excluding carboxylic acids is 1. The number of carboxylic acid groups (broad SMARTS) is 1.